The average molecular weight is 370 g/mol. The minimum atomic E-state index is 0.118. The Hall–Kier alpha value is -2.47. The molecular formula is C21H30N4O2. The number of hydrogen-bond donors (Lipinski definition) is 2. The van der Waals surface area contributed by atoms with E-state index in [1.54, 1.807) is 6.26 Å². The number of ether oxygens (including phenoxy) is 1. The molecule has 0 aliphatic carbocycles. The predicted octanol–water partition coefficient (Wildman–Crippen LogP) is 2.62. The van der Waals surface area contributed by atoms with E-state index in [0.29, 0.717) is 6.54 Å². The summed E-state index contributed by atoms with van der Waals surface area (Å²) >= 11 is 0. The van der Waals surface area contributed by atoms with E-state index in [1.807, 2.05) is 26.2 Å². The molecule has 0 spiro atoms. The van der Waals surface area contributed by atoms with E-state index >= 15 is 0 Å². The highest BCUT2D eigenvalue weighted by atomic mass is 16.5. The van der Waals surface area contributed by atoms with Gasteiger partial charge in [-0.25, -0.2) is 0 Å². The number of fused-ring (bicyclic) bond motifs is 1. The molecule has 2 aromatic rings. The molecule has 0 amide bonds. The number of aliphatic imine (C=N–C) groups is 1. The summed E-state index contributed by atoms with van der Waals surface area (Å²) in [5.74, 6) is 2.80. The molecule has 1 aromatic heterocycles. The highest BCUT2D eigenvalue weighted by Crippen LogP contribution is 2.25. The maximum atomic E-state index is 5.58. The van der Waals surface area contributed by atoms with Crippen LogP contribution in [0.4, 0.5) is 0 Å². The standard InChI is InChI=1S/C21H30N4O2/c1-4-22-21(24-15-18(25(2)3)20-6-5-12-26-20)23-11-9-16-7-8-19-17(14-16)10-13-27-19/h5-8,12,14,18H,4,9-11,13,15H2,1-3H3,(H2,22,23,24). The lowest BCUT2D eigenvalue weighted by molar-refractivity contribution is 0.265. The first-order valence-electron chi connectivity index (χ1n) is 9.64. The lowest BCUT2D eigenvalue weighted by Gasteiger charge is -2.21. The van der Waals surface area contributed by atoms with Crippen molar-refractivity contribution in [2.24, 2.45) is 4.99 Å². The van der Waals surface area contributed by atoms with E-state index in [2.05, 4.69) is 40.7 Å². The molecule has 0 bridgehead atoms. The molecule has 0 saturated heterocycles. The van der Waals surface area contributed by atoms with Crippen molar-refractivity contribution in [1.29, 1.82) is 0 Å². The van der Waals surface area contributed by atoms with Crippen LogP contribution in [0.3, 0.4) is 0 Å². The fourth-order valence-electron chi connectivity index (χ4n) is 3.23. The lowest BCUT2D eigenvalue weighted by Crippen LogP contribution is -2.39. The van der Waals surface area contributed by atoms with Gasteiger partial charge in [0, 0.05) is 19.5 Å². The Kier molecular flexibility index (Phi) is 6.76. The van der Waals surface area contributed by atoms with Crippen LogP contribution in [0.25, 0.3) is 0 Å². The maximum absolute atomic E-state index is 5.58. The SMILES string of the molecule is CCNC(=NCC(c1ccco1)N(C)C)NCCc1ccc2c(c1)CCO2. The Morgan fingerprint density at radius 3 is 2.89 bits per heavy atom. The van der Waals surface area contributed by atoms with Crippen LogP contribution in [0.15, 0.2) is 46.0 Å². The van der Waals surface area contributed by atoms with Crippen LogP contribution in [0, 0.1) is 0 Å². The zero-order valence-corrected chi connectivity index (χ0v) is 16.5. The van der Waals surface area contributed by atoms with Crippen molar-refractivity contribution >= 4 is 5.96 Å². The molecular weight excluding hydrogens is 340 g/mol. The molecule has 1 atom stereocenters. The van der Waals surface area contributed by atoms with Gasteiger partial charge < -0.3 is 19.8 Å². The van der Waals surface area contributed by atoms with Crippen molar-refractivity contribution in [3.63, 3.8) is 0 Å². The van der Waals surface area contributed by atoms with Crippen LogP contribution in [0.2, 0.25) is 0 Å². The minimum Gasteiger partial charge on any atom is -0.493 e. The fraction of sp³-hybridized carbons (Fsp3) is 0.476. The van der Waals surface area contributed by atoms with Crippen LogP contribution in [-0.2, 0) is 12.8 Å². The van der Waals surface area contributed by atoms with Gasteiger partial charge in [0.25, 0.3) is 0 Å². The molecule has 0 fully saturated rings. The van der Waals surface area contributed by atoms with Crippen molar-refractivity contribution < 1.29 is 9.15 Å². The quantitative estimate of drug-likeness (QED) is 0.552. The summed E-state index contributed by atoms with van der Waals surface area (Å²) in [4.78, 5) is 6.88. The summed E-state index contributed by atoms with van der Waals surface area (Å²) in [6.45, 7) is 5.17. The molecule has 1 aliphatic rings. The second-order valence-corrected chi connectivity index (χ2v) is 6.93. The lowest BCUT2D eigenvalue weighted by atomic mass is 10.1. The van der Waals surface area contributed by atoms with Crippen molar-refractivity contribution in [1.82, 2.24) is 15.5 Å². The van der Waals surface area contributed by atoms with Crippen LogP contribution >= 0.6 is 0 Å². The number of hydrogen-bond acceptors (Lipinski definition) is 4. The van der Waals surface area contributed by atoms with Crippen molar-refractivity contribution in [3.8, 4) is 5.75 Å². The normalized spacial score (nSPS) is 14.7. The molecule has 0 saturated carbocycles. The highest BCUT2D eigenvalue weighted by molar-refractivity contribution is 5.79. The highest BCUT2D eigenvalue weighted by Gasteiger charge is 2.16. The van der Waals surface area contributed by atoms with Gasteiger partial charge in [-0.1, -0.05) is 12.1 Å². The Morgan fingerprint density at radius 1 is 1.26 bits per heavy atom. The Labute approximate surface area is 161 Å². The van der Waals surface area contributed by atoms with E-state index in [1.165, 1.54) is 11.1 Å². The molecule has 146 valence electrons. The van der Waals surface area contributed by atoms with Gasteiger partial charge in [-0.15, -0.1) is 0 Å². The van der Waals surface area contributed by atoms with Gasteiger partial charge in [-0.3, -0.25) is 9.89 Å². The molecule has 2 N–H and O–H groups in total. The van der Waals surface area contributed by atoms with Crippen LogP contribution < -0.4 is 15.4 Å². The summed E-state index contributed by atoms with van der Waals surface area (Å²) in [5, 5.41) is 6.75. The van der Waals surface area contributed by atoms with Crippen molar-refractivity contribution in [2.45, 2.75) is 25.8 Å². The second kappa shape index (κ2) is 9.46. The van der Waals surface area contributed by atoms with Gasteiger partial charge in [0.1, 0.15) is 11.5 Å². The number of rotatable bonds is 8. The third kappa shape index (κ3) is 5.26. The molecule has 1 aromatic carbocycles. The summed E-state index contributed by atoms with van der Waals surface area (Å²) < 4.78 is 11.1. The van der Waals surface area contributed by atoms with Gasteiger partial charge in [0.15, 0.2) is 5.96 Å². The average Bonchev–Trinajstić information content (AvgIpc) is 3.33. The van der Waals surface area contributed by atoms with Crippen LogP contribution in [0.5, 0.6) is 5.75 Å². The summed E-state index contributed by atoms with van der Waals surface area (Å²) in [5.41, 5.74) is 2.64. The Balaban J connectivity index is 1.55. The number of benzene rings is 1. The third-order valence-electron chi connectivity index (χ3n) is 4.72. The largest absolute Gasteiger partial charge is 0.493 e. The predicted molar refractivity (Wildman–Crippen MR) is 108 cm³/mol. The topological polar surface area (TPSA) is 62.0 Å². The van der Waals surface area contributed by atoms with Gasteiger partial charge >= 0.3 is 0 Å². The zero-order valence-electron chi connectivity index (χ0n) is 16.5. The number of nitrogens with one attached hydrogen (secondary N) is 2. The minimum absolute atomic E-state index is 0.118. The number of nitrogens with zero attached hydrogens (tertiary/aromatic N) is 2. The summed E-state index contributed by atoms with van der Waals surface area (Å²) in [6, 6.07) is 10.5. The van der Waals surface area contributed by atoms with Crippen LogP contribution in [-0.4, -0.2) is 51.2 Å². The second-order valence-electron chi connectivity index (χ2n) is 6.93. The molecule has 2 heterocycles. The number of likely N-dealkylation sites (N-methyl/N-ethyl adjacent to an activating group) is 1. The molecule has 3 rings (SSSR count). The maximum Gasteiger partial charge on any atom is 0.191 e. The third-order valence-corrected chi connectivity index (χ3v) is 4.72. The van der Waals surface area contributed by atoms with Gasteiger partial charge in [-0.2, -0.15) is 0 Å². The number of furan rings is 1. The van der Waals surface area contributed by atoms with Gasteiger partial charge in [0.2, 0.25) is 0 Å². The first-order chi connectivity index (χ1) is 13.2. The van der Waals surface area contributed by atoms with E-state index in [9.17, 15) is 0 Å². The molecule has 27 heavy (non-hydrogen) atoms. The summed E-state index contributed by atoms with van der Waals surface area (Å²) in [6.07, 6.45) is 3.67. The van der Waals surface area contributed by atoms with E-state index in [-0.39, 0.29) is 6.04 Å². The van der Waals surface area contributed by atoms with Crippen molar-refractivity contribution in [3.05, 3.63) is 53.5 Å². The van der Waals surface area contributed by atoms with E-state index in [0.717, 1.165) is 50.0 Å². The van der Waals surface area contributed by atoms with Crippen LogP contribution in [0.1, 0.15) is 29.9 Å². The fourth-order valence-corrected chi connectivity index (χ4v) is 3.23. The molecule has 1 aliphatic heterocycles. The smallest absolute Gasteiger partial charge is 0.191 e. The van der Waals surface area contributed by atoms with Gasteiger partial charge in [-0.05, 0) is 56.8 Å². The Bertz CT molecular complexity index is 741. The Morgan fingerprint density at radius 2 is 2.15 bits per heavy atom. The molecule has 1 unspecified atom stereocenters. The first-order valence-corrected chi connectivity index (χ1v) is 9.64. The van der Waals surface area contributed by atoms with Crippen molar-refractivity contribution in [2.75, 3.05) is 40.3 Å². The molecule has 0 radical (unpaired) electrons. The summed E-state index contributed by atoms with van der Waals surface area (Å²) in [7, 11) is 4.08. The molecule has 6 nitrogen and oxygen atoms in total. The van der Waals surface area contributed by atoms with Gasteiger partial charge in [0.05, 0.1) is 25.5 Å². The first kappa shape index (κ1) is 19.3. The van der Waals surface area contributed by atoms with E-state index in [4.69, 9.17) is 14.1 Å². The monoisotopic (exact) mass is 370 g/mol. The molecule has 6 heteroatoms. The zero-order chi connectivity index (χ0) is 19.1. The van der Waals surface area contributed by atoms with E-state index < -0.39 is 0 Å². The number of guanidine groups is 1.